The van der Waals surface area contributed by atoms with Gasteiger partial charge >= 0.3 is 5.97 Å². The molecule has 1 heterocycles. The second kappa shape index (κ2) is 9.38. The molecular weight excluding hydrogens is 412 g/mol. The highest BCUT2D eigenvalue weighted by Gasteiger charge is 2.55. The fourth-order valence-corrected chi connectivity index (χ4v) is 6.32. The standard InChI is InChI=1S/C26H38F2NO3/c1-29(18-20-9-5-2-3-6-10-20)16-14-23(19-29)32-24(30)26(31,21-11-7-4-8-12-21)22-13-15-25(27,28)17-22/h4,7-8,11-12,20,22-23,31H,2-3,5-6,9-10,13-19H2,1H3/q+1/t22-,23-,26+,29?/m1/s1. The van der Waals surface area contributed by atoms with Gasteiger partial charge in [-0.3, -0.25) is 0 Å². The third-order valence-corrected chi connectivity index (χ3v) is 8.10. The average molecular weight is 451 g/mol. The Balaban J connectivity index is 1.44. The Morgan fingerprint density at radius 2 is 1.81 bits per heavy atom. The number of halogens is 2. The average Bonchev–Trinajstić information content (AvgIpc) is 3.20. The van der Waals surface area contributed by atoms with Gasteiger partial charge in [0.1, 0.15) is 6.54 Å². The highest BCUT2D eigenvalue weighted by molar-refractivity contribution is 5.82. The molecule has 1 N–H and O–H groups in total. The summed E-state index contributed by atoms with van der Waals surface area (Å²) in [6.07, 6.45) is 7.61. The first-order chi connectivity index (χ1) is 15.2. The molecule has 0 bridgehead atoms. The number of hydrogen-bond donors (Lipinski definition) is 1. The van der Waals surface area contributed by atoms with Crippen molar-refractivity contribution in [2.75, 3.05) is 26.7 Å². The van der Waals surface area contributed by atoms with E-state index >= 15 is 0 Å². The molecule has 0 aromatic heterocycles. The Labute approximate surface area is 190 Å². The van der Waals surface area contributed by atoms with Crippen molar-refractivity contribution in [1.29, 1.82) is 0 Å². The minimum atomic E-state index is -2.85. The molecular formula is C26H38F2NO3+. The zero-order valence-electron chi connectivity index (χ0n) is 19.3. The minimum absolute atomic E-state index is 0.105. The van der Waals surface area contributed by atoms with Gasteiger partial charge in [0.15, 0.2) is 11.7 Å². The third-order valence-electron chi connectivity index (χ3n) is 8.10. The molecule has 3 fully saturated rings. The zero-order chi connectivity index (χ0) is 22.8. The lowest BCUT2D eigenvalue weighted by Crippen LogP contribution is -2.48. The first-order valence-electron chi connectivity index (χ1n) is 12.4. The van der Waals surface area contributed by atoms with Crippen molar-refractivity contribution in [3.8, 4) is 0 Å². The number of quaternary nitrogens is 1. The van der Waals surface area contributed by atoms with Crippen LogP contribution in [-0.2, 0) is 15.1 Å². The maximum atomic E-state index is 14.0. The number of rotatable bonds is 6. The van der Waals surface area contributed by atoms with Crippen LogP contribution in [0.4, 0.5) is 8.78 Å². The topological polar surface area (TPSA) is 46.5 Å². The third kappa shape index (κ3) is 5.17. The van der Waals surface area contributed by atoms with Gasteiger partial charge < -0.3 is 14.3 Å². The summed E-state index contributed by atoms with van der Waals surface area (Å²) in [6.45, 7) is 2.78. The van der Waals surface area contributed by atoms with Crippen molar-refractivity contribution in [1.82, 2.24) is 0 Å². The second-order valence-electron chi connectivity index (χ2n) is 10.8. The summed E-state index contributed by atoms with van der Waals surface area (Å²) < 4.78 is 34.7. The van der Waals surface area contributed by atoms with Crippen molar-refractivity contribution in [3.63, 3.8) is 0 Å². The Bertz CT molecular complexity index is 781. The maximum absolute atomic E-state index is 14.0. The Morgan fingerprint density at radius 1 is 1.12 bits per heavy atom. The molecule has 0 amide bonds. The van der Waals surface area contributed by atoms with E-state index in [1.54, 1.807) is 30.3 Å². The molecule has 4 nitrogen and oxygen atoms in total. The molecule has 2 aliphatic carbocycles. The van der Waals surface area contributed by atoms with Gasteiger partial charge in [0.05, 0.1) is 20.1 Å². The van der Waals surface area contributed by atoms with Crippen LogP contribution in [0.15, 0.2) is 30.3 Å². The van der Waals surface area contributed by atoms with Gasteiger partial charge in [0.25, 0.3) is 0 Å². The molecule has 1 saturated heterocycles. The van der Waals surface area contributed by atoms with Crippen LogP contribution in [0.1, 0.15) is 69.8 Å². The van der Waals surface area contributed by atoms with E-state index in [9.17, 15) is 18.7 Å². The number of benzene rings is 1. The monoisotopic (exact) mass is 450 g/mol. The number of esters is 1. The molecule has 3 aliphatic rings. The van der Waals surface area contributed by atoms with E-state index in [2.05, 4.69) is 7.05 Å². The van der Waals surface area contributed by atoms with Gasteiger partial charge in [-0.25, -0.2) is 13.6 Å². The predicted molar refractivity (Wildman–Crippen MR) is 119 cm³/mol. The van der Waals surface area contributed by atoms with Crippen LogP contribution >= 0.6 is 0 Å². The van der Waals surface area contributed by atoms with Crippen LogP contribution in [0.3, 0.4) is 0 Å². The van der Waals surface area contributed by atoms with Gasteiger partial charge in [-0.2, -0.15) is 0 Å². The molecule has 1 aromatic carbocycles. The molecule has 1 aliphatic heterocycles. The quantitative estimate of drug-likeness (QED) is 0.375. The van der Waals surface area contributed by atoms with E-state index in [1.807, 2.05) is 0 Å². The number of carbonyl (C=O) groups is 1. The number of likely N-dealkylation sites (N-methyl/N-ethyl adjacent to an activating group) is 1. The first kappa shape index (κ1) is 23.6. The summed E-state index contributed by atoms with van der Waals surface area (Å²) >= 11 is 0. The van der Waals surface area contributed by atoms with E-state index in [0.717, 1.165) is 36.5 Å². The van der Waals surface area contributed by atoms with Gasteiger partial charge in [-0.15, -0.1) is 0 Å². The lowest BCUT2D eigenvalue weighted by Gasteiger charge is -2.34. The van der Waals surface area contributed by atoms with Crippen LogP contribution in [-0.4, -0.2) is 54.3 Å². The maximum Gasteiger partial charge on any atom is 0.343 e. The largest absolute Gasteiger partial charge is 0.454 e. The highest BCUT2D eigenvalue weighted by Crippen LogP contribution is 2.48. The number of alkyl halides is 2. The summed E-state index contributed by atoms with van der Waals surface area (Å²) in [5.41, 5.74) is -1.68. The lowest BCUT2D eigenvalue weighted by atomic mass is 9.80. The molecule has 0 radical (unpaired) electrons. The Hall–Kier alpha value is -1.53. The molecule has 0 spiro atoms. The summed E-state index contributed by atoms with van der Waals surface area (Å²) in [7, 11) is 2.24. The van der Waals surface area contributed by atoms with Gasteiger partial charge in [0.2, 0.25) is 5.92 Å². The molecule has 4 rings (SSSR count). The zero-order valence-corrected chi connectivity index (χ0v) is 19.3. The SMILES string of the molecule is C[N+]1(CC2CCCCCC2)CC[C@@H](OC(=O)[C@](O)(c2ccccc2)[C@@H]2CCC(F)(F)C2)C1. The molecule has 6 heteroatoms. The molecule has 178 valence electrons. The molecule has 1 unspecified atom stereocenters. The molecule has 32 heavy (non-hydrogen) atoms. The normalized spacial score (nSPS) is 32.9. The summed E-state index contributed by atoms with van der Waals surface area (Å²) in [5.74, 6) is -3.74. The van der Waals surface area contributed by atoms with Crippen molar-refractivity contribution < 1.29 is 27.9 Å². The Morgan fingerprint density at radius 3 is 2.44 bits per heavy atom. The smallest absolute Gasteiger partial charge is 0.343 e. The van der Waals surface area contributed by atoms with Crippen LogP contribution in [0.25, 0.3) is 0 Å². The van der Waals surface area contributed by atoms with Crippen LogP contribution in [0.5, 0.6) is 0 Å². The van der Waals surface area contributed by atoms with Gasteiger partial charge in [-0.1, -0.05) is 56.0 Å². The van der Waals surface area contributed by atoms with Crippen molar-refractivity contribution in [3.05, 3.63) is 35.9 Å². The summed E-state index contributed by atoms with van der Waals surface area (Å²) in [6, 6.07) is 8.50. The number of carbonyl (C=O) groups excluding carboxylic acids is 1. The number of aliphatic hydroxyl groups is 1. The van der Waals surface area contributed by atoms with E-state index in [0.29, 0.717) is 5.56 Å². The van der Waals surface area contributed by atoms with Crippen molar-refractivity contribution in [2.24, 2.45) is 11.8 Å². The first-order valence-corrected chi connectivity index (χ1v) is 12.4. The van der Waals surface area contributed by atoms with E-state index < -0.39 is 29.8 Å². The fourth-order valence-electron chi connectivity index (χ4n) is 6.32. The number of hydrogen-bond acceptors (Lipinski definition) is 3. The van der Waals surface area contributed by atoms with E-state index in [-0.39, 0.29) is 18.9 Å². The summed E-state index contributed by atoms with van der Waals surface area (Å²) in [5, 5.41) is 11.6. The molecule has 2 saturated carbocycles. The van der Waals surface area contributed by atoms with E-state index in [4.69, 9.17) is 4.74 Å². The van der Waals surface area contributed by atoms with Gasteiger partial charge in [-0.05, 0) is 24.8 Å². The highest BCUT2D eigenvalue weighted by atomic mass is 19.3. The second-order valence-corrected chi connectivity index (χ2v) is 10.8. The van der Waals surface area contributed by atoms with Gasteiger partial charge in [0, 0.05) is 31.1 Å². The fraction of sp³-hybridized carbons (Fsp3) is 0.731. The van der Waals surface area contributed by atoms with E-state index in [1.165, 1.54) is 38.5 Å². The predicted octanol–water partition coefficient (Wildman–Crippen LogP) is 5.04. The summed E-state index contributed by atoms with van der Waals surface area (Å²) in [4.78, 5) is 13.3. The number of likely N-dealkylation sites (tertiary alicyclic amines) is 1. The lowest BCUT2D eigenvalue weighted by molar-refractivity contribution is -0.902. The van der Waals surface area contributed by atoms with Crippen LogP contribution in [0.2, 0.25) is 0 Å². The van der Waals surface area contributed by atoms with Crippen LogP contribution < -0.4 is 0 Å². The number of nitrogens with zero attached hydrogens (tertiary/aromatic N) is 1. The van der Waals surface area contributed by atoms with Crippen molar-refractivity contribution in [2.45, 2.75) is 81.8 Å². The minimum Gasteiger partial charge on any atom is -0.454 e. The molecule has 4 atom stereocenters. The van der Waals surface area contributed by atoms with Crippen LogP contribution in [0, 0.1) is 11.8 Å². The Kier molecular flexibility index (Phi) is 6.92. The van der Waals surface area contributed by atoms with Crippen molar-refractivity contribution >= 4 is 5.97 Å². The molecule has 1 aromatic rings. The number of ether oxygens (including phenoxy) is 1.